The molecule has 0 unspecified atom stereocenters. The summed E-state index contributed by atoms with van der Waals surface area (Å²) in [6.07, 6.45) is 0. The number of carbonyl (C=O) groups is 1. The van der Waals surface area contributed by atoms with Gasteiger partial charge in [-0.1, -0.05) is 11.6 Å². The van der Waals surface area contributed by atoms with Gasteiger partial charge < -0.3 is 0 Å². The Morgan fingerprint density at radius 1 is 1.54 bits per heavy atom. The van der Waals surface area contributed by atoms with Gasteiger partial charge in [0.2, 0.25) is 0 Å². The van der Waals surface area contributed by atoms with Crippen LogP contribution in [-0.4, -0.2) is 5.78 Å². The number of rotatable bonds is 1. The first-order valence-electron chi connectivity index (χ1n) is 3.77. The van der Waals surface area contributed by atoms with Gasteiger partial charge in [0.05, 0.1) is 11.6 Å². The van der Waals surface area contributed by atoms with Gasteiger partial charge in [-0.15, -0.1) is 0 Å². The van der Waals surface area contributed by atoms with E-state index in [-0.39, 0.29) is 5.78 Å². The maximum absolute atomic E-state index is 11.1. The molecule has 0 aromatic heterocycles. The predicted molar refractivity (Wildman–Crippen MR) is 50.9 cm³/mol. The molecule has 13 heavy (non-hydrogen) atoms. The molecule has 0 saturated heterocycles. The van der Waals surface area contributed by atoms with Crippen LogP contribution in [0.2, 0.25) is 5.02 Å². The topological polar surface area (TPSA) is 40.9 Å². The quantitative estimate of drug-likeness (QED) is 0.644. The Balaban J connectivity index is 3.44. The molecule has 3 heteroatoms. The Morgan fingerprint density at radius 2 is 2.15 bits per heavy atom. The second-order valence-electron chi connectivity index (χ2n) is 2.81. The zero-order chi connectivity index (χ0) is 10.0. The standard InChI is InChI=1S/C10H8ClNO/c1-6-3-8(5-12)9(7(2)13)4-10(6)11/h3-4H,1-2H3. The Morgan fingerprint density at radius 3 is 2.62 bits per heavy atom. The summed E-state index contributed by atoms with van der Waals surface area (Å²) >= 11 is 5.83. The van der Waals surface area contributed by atoms with E-state index in [1.807, 2.05) is 6.07 Å². The van der Waals surface area contributed by atoms with Crippen LogP contribution < -0.4 is 0 Å². The lowest BCUT2D eigenvalue weighted by Crippen LogP contribution is -1.97. The third-order valence-corrected chi connectivity index (χ3v) is 2.21. The van der Waals surface area contributed by atoms with Gasteiger partial charge in [0.15, 0.2) is 5.78 Å². The van der Waals surface area contributed by atoms with Crippen molar-refractivity contribution in [2.24, 2.45) is 0 Å². The van der Waals surface area contributed by atoms with E-state index < -0.39 is 0 Å². The maximum atomic E-state index is 11.1. The molecule has 0 aliphatic heterocycles. The first kappa shape index (κ1) is 9.76. The van der Waals surface area contributed by atoms with Crippen molar-refractivity contribution in [2.75, 3.05) is 0 Å². The average molecular weight is 194 g/mol. The fourth-order valence-corrected chi connectivity index (χ4v) is 1.23. The minimum absolute atomic E-state index is 0.140. The first-order chi connectivity index (χ1) is 6.06. The van der Waals surface area contributed by atoms with E-state index in [9.17, 15) is 4.79 Å². The van der Waals surface area contributed by atoms with Gasteiger partial charge in [-0.2, -0.15) is 5.26 Å². The third kappa shape index (κ3) is 1.88. The Bertz CT molecular complexity index is 404. The Labute approximate surface area is 81.7 Å². The van der Waals surface area contributed by atoms with Crippen LogP contribution in [0.1, 0.15) is 28.4 Å². The molecular weight excluding hydrogens is 186 g/mol. The third-order valence-electron chi connectivity index (χ3n) is 1.80. The number of benzene rings is 1. The molecule has 0 aliphatic carbocycles. The van der Waals surface area contributed by atoms with E-state index in [2.05, 4.69) is 0 Å². The molecule has 0 heterocycles. The second kappa shape index (κ2) is 3.59. The van der Waals surface area contributed by atoms with Crippen LogP contribution in [0.25, 0.3) is 0 Å². The molecule has 66 valence electrons. The number of hydrogen-bond donors (Lipinski definition) is 0. The van der Waals surface area contributed by atoms with Gasteiger partial charge in [0, 0.05) is 10.6 Å². The molecule has 0 spiro atoms. The average Bonchev–Trinajstić information content (AvgIpc) is 2.08. The van der Waals surface area contributed by atoms with Gasteiger partial charge >= 0.3 is 0 Å². The highest BCUT2D eigenvalue weighted by Crippen LogP contribution is 2.20. The summed E-state index contributed by atoms with van der Waals surface area (Å²) in [5.41, 5.74) is 1.58. The van der Waals surface area contributed by atoms with Crippen LogP contribution in [0, 0.1) is 18.3 Å². The Kier molecular flexibility index (Phi) is 2.69. The summed E-state index contributed by atoms with van der Waals surface area (Å²) in [4.78, 5) is 11.1. The lowest BCUT2D eigenvalue weighted by Gasteiger charge is -2.02. The van der Waals surface area contributed by atoms with E-state index in [0.29, 0.717) is 16.1 Å². The van der Waals surface area contributed by atoms with Gasteiger partial charge in [0.1, 0.15) is 0 Å². The number of halogens is 1. The fraction of sp³-hybridized carbons (Fsp3) is 0.200. The SMILES string of the molecule is CC(=O)c1cc(Cl)c(C)cc1C#N. The van der Waals surface area contributed by atoms with E-state index in [1.54, 1.807) is 13.0 Å². The molecule has 0 aliphatic rings. The number of nitriles is 1. The smallest absolute Gasteiger partial charge is 0.161 e. The van der Waals surface area contributed by atoms with Crippen molar-refractivity contribution in [3.63, 3.8) is 0 Å². The molecule has 2 nitrogen and oxygen atoms in total. The summed E-state index contributed by atoms with van der Waals surface area (Å²) in [5.74, 6) is -0.140. The zero-order valence-electron chi connectivity index (χ0n) is 7.39. The number of carbonyl (C=O) groups excluding carboxylic acids is 1. The van der Waals surface area contributed by atoms with Crippen molar-refractivity contribution in [1.82, 2.24) is 0 Å². The second-order valence-corrected chi connectivity index (χ2v) is 3.22. The molecule has 1 aromatic carbocycles. The van der Waals surface area contributed by atoms with Gasteiger partial charge in [-0.3, -0.25) is 4.79 Å². The van der Waals surface area contributed by atoms with Gasteiger partial charge in [-0.05, 0) is 31.5 Å². The molecule has 0 amide bonds. The van der Waals surface area contributed by atoms with Crippen molar-refractivity contribution >= 4 is 17.4 Å². The summed E-state index contributed by atoms with van der Waals surface area (Å²) in [6, 6.07) is 5.13. The Hall–Kier alpha value is -1.33. The molecule has 1 aromatic rings. The highest BCUT2D eigenvalue weighted by molar-refractivity contribution is 6.31. The molecule has 0 fully saturated rings. The number of aryl methyl sites for hydroxylation is 1. The van der Waals surface area contributed by atoms with Crippen LogP contribution in [0.5, 0.6) is 0 Å². The van der Waals surface area contributed by atoms with E-state index in [4.69, 9.17) is 16.9 Å². The van der Waals surface area contributed by atoms with Crippen LogP contribution in [0.15, 0.2) is 12.1 Å². The van der Waals surface area contributed by atoms with Crippen molar-refractivity contribution < 1.29 is 4.79 Å². The molecule has 0 atom stereocenters. The van der Waals surface area contributed by atoms with Crippen molar-refractivity contribution in [2.45, 2.75) is 13.8 Å². The summed E-state index contributed by atoms with van der Waals surface area (Å²) in [7, 11) is 0. The molecule has 0 bridgehead atoms. The minimum atomic E-state index is -0.140. The largest absolute Gasteiger partial charge is 0.294 e. The fourth-order valence-electron chi connectivity index (χ4n) is 1.07. The highest BCUT2D eigenvalue weighted by atomic mass is 35.5. The van der Waals surface area contributed by atoms with Crippen molar-refractivity contribution in [3.8, 4) is 6.07 Å². The number of nitrogens with zero attached hydrogens (tertiary/aromatic N) is 1. The van der Waals surface area contributed by atoms with Crippen molar-refractivity contribution in [1.29, 1.82) is 5.26 Å². The number of Topliss-reactive ketones (excluding diaryl/α,β-unsaturated/α-hetero) is 1. The lowest BCUT2D eigenvalue weighted by molar-refractivity contribution is 0.101. The van der Waals surface area contributed by atoms with Gasteiger partial charge in [-0.25, -0.2) is 0 Å². The lowest BCUT2D eigenvalue weighted by atomic mass is 10.0. The van der Waals surface area contributed by atoms with E-state index >= 15 is 0 Å². The molecular formula is C10H8ClNO. The summed E-state index contributed by atoms with van der Waals surface area (Å²) in [5, 5.41) is 9.26. The molecule has 0 N–H and O–H groups in total. The monoisotopic (exact) mass is 193 g/mol. The minimum Gasteiger partial charge on any atom is -0.294 e. The number of hydrogen-bond acceptors (Lipinski definition) is 2. The van der Waals surface area contributed by atoms with Crippen LogP contribution in [-0.2, 0) is 0 Å². The van der Waals surface area contributed by atoms with Crippen LogP contribution >= 0.6 is 11.6 Å². The van der Waals surface area contributed by atoms with Crippen LogP contribution in [0.4, 0.5) is 0 Å². The van der Waals surface area contributed by atoms with E-state index in [1.165, 1.54) is 13.0 Å². The normalized spacial score (nSPS) is 9.38. The predicted octanol–water partition coefficient (Wildman–Crippen LogP) is 2.72. The zero-order valence-corrected chi connectivity index (χ0v) is 8.14. The molecule has 0 radical (unpaired) electrons. The van der Waals surface area contributed by atoms with E-state index in [0.717, 1.165) is 5.56 Å². The van der Waals surface area contributed by atoms with Gasteiger partial charge in [0.25, 0.3) is 0 Å². The van der Waals surface area contributed by atoms with Crippen molar-refractivity contribution in [3.05, 3.63) is 33.8 Å². The molecule has 1 rings (SSSR count). The maximum Gasteiger partial charge on any atom is 0.161 e. The summed E-state index contributed by atoms with van der Waals surface area (Å²) in [6.45, 7) is 3.22. The van der Waals surface area contributed by atoms with Crippen LogP contribution in [0.3, 0.4) is 0 Å². The molecule has 0 saturated carbocycles. The number of ketones is 1. The highest BCUT2D eigenvalue weighted by Gasteiger charge is 2.09. The first-order valence-corrected chi connectivity index (χ1v) is 4.15. The summed E-state index contributed by atoms with van der Waals surface area (Å²) < 4.78 is 0.